The number of aromatic amines is 1. The Morgan fingerprint density at radius 2 is 2.08 bits per heavy atom. The molecule has 6 heteroatoms. The Morgan fingerprint density at radius 1 is 1.16 bits per heavy atom. The quantitative estimate of drug-likeness (QED) is 0.590. The number of H-pyrrole nitrogens is 1. The van der Waals surface area contributed by atoms with Crippen LogP contribution in [0.4, 0.5) is 0 Å². The summed E-state index contributed by atoms with van der Waals surface area (Å²) in [5.41, 5.74) is 3.02. The first-order chi connectivity index (χ1) is 12.3. The molecule has 0 aliphatic rings. The number of para-hydroxylation sites is 1. The number of pyridine rings is 1. The van der Waals surface area contributed by atoms with Crippen LogP contribution in [0.3, 0.4) is 0 Å². The third kappa shape index (κ3) is 3.28. The molecule has 0 unspecified atom stereocenters. The van der Waals surface area contributed by atoms with E-state index in [4.69, 9.17) is 0 Å². The Kier molecular flexibility index (Phi) is 4.00. The van der Waals surface area contributed by atoms with Gasteiger partial charge in [-0.15, -0.1) is 0 Å². The molecule has 124 valence electrons. The number of nitrogens with one attached hydrogen (secondary N) is 2. The number of carbonyl (C=O) groups is 1. The van der Waals surface area contributed by atoms with Crippen molar-refractivity contribution in [3.63, 3.8) is 0 Å². The van der Waals surface area contributed by atoms with Crippen LogP contribution in [0.2, 0.25) is 0 Å². The highest BCUT2D eigenvalue weighted by Crippen LogP contribution is 2.18. The molecule has 0 fully saturated rings. The van der Waals surface area contributed by atoms with Crippen LogP contribution in [0.1, 0.15) is 11.1 Å². The van der Waals surface area contributed by atoms with Crippen molar-refractivity contribution in [1.82, 2.24) is 25.1 Å². The lowest BCUT2D eigenvalue weighted by Gasteiger charge is -2.07. The molecule has 1 amide bonds. The van der Waals surface area contributed by atoms with Crippen LogP contribution in [0.5, 0.6) is 0 Å². The summed E-state index contributed by atoms with van der Waals surface area (Å²) in [6, 6.07) is 13.6. The predicted octanol–water partition coefficient (Wildman–Crippen LogP) is 2.61. The maximum absolute atomic E-state index is 12.3. The molecule has 0 atom stereocenters. The lowest BCUT2D eigenvalue weighted by atomic mass is 10.1. The van der Waals surface area contributed by atoms with Crippen LogP contribution >= 0.6 is 0 Å². The van der Waals surface area contributed by atoms with Gasteiger partial charge >= 0.3 is 0 Å². The number of fused-ring (bicyclic) bond motifs is 1. The van der Waals surface area contributed by atoms with Crippen LogP contribution in [0, 0.1) is 0 Å². The Hall–Kier alpha value is -3.41. The number of hydrogen-bond acceptors (Lipinski definition) is 3. The summed E-state index contributed by atoms with van der Waals surface area (Å²) in [6.07, 6.45) is 7.50. The maximum Gasteiger partial charge on any atom is 0.224 e. The summed E-state index contributed by atoms with van der Waals surface area (Å²) in [5, 5.41) is 8.21. The monoisotopic (exact) mass is 331 g/mol. The van der Waals surface area contributed by atoms with Crippen molar-refractivity contribution in [2.24, 2.45) is 0 Å². The minimum absolute atomic E-state index is 0.0118. The Balaban J connectivity index is 1.41. The lowest BCUT2D eigenvalue weighted by molar-refractivity contribution is -0.120. The first-order valence-corrected chi connectivity index (χ1v) is 8.06. The Labute approximate surface area is 144 Å². The Morgan fingerprint density at radius 3 is 2.96 bits per heavy atom. The van der Waals surface area contributed by atoms with Gasteiger partial charge in [0.05, 0.1) is 6.42 Å². The zero-order chi connectivity index (χ0) is 17.1. The minimum Gasteiger partial charge on any atom is -0.361 e. The van der Waals surface area contributed by atoms with E-state index in [0.29, 0.717) is 13.0 Å². The topological polar surface area (TPSA) is 75.6 Å². The summed E-state index contributed by atoms with van der Waals surface area (Å²) in [6.45, 7) is 0.456. The minimum atomic E-state index is -0.0118. The van der Waals surface area contributed by atoms with E-state index in [-0.39, 0.29) is 5.91 Å². The van der Waals surface area contributed by atoms with Crippen molar-refractivity contribution in [1.29, 1.82) is 0 Å². The van der Waals surface area contributed by atoms with Gasteiger partial charge in [-0.3, -0.25) is 4.79 Å². The van der Waals surface area contributed by atoms with Crippen LogP contribution in [-0.2, 0) is 17.8 Å². The van der Waals surface area contributed by atoms with Crippen molar-refractivity contribution in [2.45, 2.75) is 13.0 Å². The molecule has 25 heavy (non-hydrogen) atoms. The molecule has 0 aliphatic heterocycles. The average molecular weight is 331 g/mol. The second-order valence-electron chi connectivity index (χ2n) is 5.79. The molecular weight excluding hydrogens is 314 g/mol. The molecule has 1 aromatic carbocycles. The van der Waals surface area contributed by atoms with Crippen molar-refractivity contribution >= 4 is 16.8 Å². The van der Waals surface area contributed by atoms with Gasteiger partial charge in [0.15, 0.2) is 5.82 Å². The largest absolute Gasteiger partial charge is 0.361 e. The molecule has 2 N–H and O–H groups in total. The number of rotatable bonds is 5. The molecule has 0 radical (unpaired) electrons. The fraction of sp³-hybridized carbons (Fsp3) is 0.105. The zero-order valence-corrected chi connectivity index (χ0v) is 13.5. The van der Waals surface area contributed by atoms with Gasteiger partial charge in [-0.05, 0) is 35.4 Å². The first-order valence-electron chi connectivity index (χ1n) is 8.06. The third-order valence-electron chi connectivity index (χ3n) is 4.06. The molecule has 0 spiro atoms. The summed E-state index contributed by atoms with van der Waals surface area (Å²) < 4.78 is 1.69. The highest BCUT2D eigenvalue weighted by atomic mass is 16.1. The molecule has 0 bridgehead atoms. The summed E-state index contributed by atoms with van der Waals surface area (Å²) in [4.78, 5) is 19.8. The molecule has 3 heterocycles. The van der Waals surface area contributed by atoms with E-state index in [1.54, 1.807) is 17.1 Å². The molecule has 0 aliphatic carbocycles. The van der Waals surface area contributed by atoms with Crippen molar-refractivity contribution < 1.29 is 4.79 Å². The van der Waals surface area contributed by atoms with E-state index in [0.717, 1.165) is 27.8 Å². The SMILES string of the molecule is O=C(Cc1c[nH]c2ccccc12)NCc1ccnc(-n2cccn2)c1. The van der Waals surface area contributed by atoms with Crippen molar-refractivity contribution in [3.8, 4) is 5.82 Å². The van der Waals surface area contributed by atoms with E-state index in [9.17, 15) is 4.79 Å². The van der Waals surface area contributed by atoms with Gasteiger partial charge in [0.25, 0.3) is 0 Å². The molecular formula is C19H17N5O. The highest BCUT2D eigenvalue weighted by molar-refractivity contribution is 5.88. The van der Waals surface area contributed by atoms with Crippen LogP contribution < -0.4 is 5.32 Å². The normalized spacial score (nSPS) is 10.9. The maximum atomic E-state index is 12.3. The smallest absolute Gasteiger partial charge is 0.224 e. The number of hydrogen-bond donors (Lipinski definition) is 2. The van der Waals surface area contributed by atoms with Gasteiger partial charge in [-0.25, -0.2) is 9.67 Å². The predicted molar refractivity (Wildman–Crippen MR) is 95.2 cm³/mol. The molecule has 3 aromatic heterocycles. The summed E-state index contributed by atoms with van der Waals surface area (Å²) >= 11 is 0. The average Bonchev–Trinajstić information content (AvgIpc) is 3.31. The van der Waals surface area contributed by atoms with E-state index < -0.39 is 0 Å². The van der Waals surface area contributed by atoms with Gasteiger partial charge < -0.3 is 10.3 Å². The fourth-order valence-corrected chi connectivity index (χ4v) is 2.81. The van der Waals surface area contributed by atoms with Gasteiger partial charge in [0, 0.05) is 42.2 Å². The number of amides is 1. The molecule has 0 saturated carbocycles. The van der Waals surface area contributed by atoms with Crippen molar-refractivity contribution in [3.05, 3.63) is 78.4 Å². The number of carbonyl (C=O) groups excluding carboxylic acids is 1. The lowest BCUT2D eigenvalue weighted by Crippen LogP contribution is -2.24. The van der Waals surface area contributed by atoms with E-state index >= 15 is 0 Å². The van der Waals surface area contributed by atoms with Crippen LogP contribution in [0.15, 0.2) is 67.3 Å². The molecule has 4 aromatic rings. The molecule has 6 nitrogen and oxygen atoms in total. The van der Waals surface area contributed by atoms with Crippen molar-refractivity contribution in [2.75, 3.05) is 0 Å². The highest BCUT2D eigenvalue weighted by Gasteiger charge is 2.09. The molecule has 0 saturated heterocycles. The van der Waals surface area contributed by atoms with E-state index in [1.165, 1.54) is 0 Å². The van der Waals surface area contributed by atoms with E-state index in [1.807, 2.05) is 54.9 Å². The van der Waals surface area contributed by atoms with Gasteiger partial charge in [0.2, 0.25) is 5.91 Å². The fourth-order valence-electron chi connectivity index (χ4n) is 2.81. The summed E-state index contributed by atoms with van der Waals surface area (Å²) in [7, 11) is 0. The number of benzene rings is 1. The van der Waals surface area contributed by atoms with Crippen LogP contribution in [0.25, 0.3) is 16.7 Å². The summed E-state index contributed by atoms with van der Waals surface area (Å²) in [5.74, 6) is 0.718. The third-order valence-corrected chi connectivity index (χ3v) is 4.06. The van der Waals surface area contributed by atoms with Gasteiger partial charge in [-0.1, -0.05) is 18.2 Å². The standard InChI is InChI=1S/C19H17N5O/c25-19(11-15-13-21-17-5-2-1-4-16(15)17)22-12-14-6-8-20-18(10-14)24-9-3-7-23-24/h1-10,13,21H,11-12H2,(H,22,25). The second-order valence-corrected chi connectivity index (χ2v) is 5.79. The second kappa shape index (κ2) is 6.60. The number of nitrogens with zero attached hydrogens (tertiary/aromatic N) is 3. The number of aromatic nitrogens is 4. The zero-order valence-electron chi connectivity index (χ0n) is 13.5. The van der Waals surface area contributed by atoms with Gasteiger partial charge in [0.1, 0.15) is 0 Å². The van der Waals surface area contributed by atoms with Gasteiger partial charge in [-0.2, -0.15) is 5.10 Å². The first kappa shape index (κ1) is 15.1. The Bertz CT molecular complexity index is 1000. The van der Waals surface area contributed by atoms with Crippen LogP contribution in [-0.4, -0.2) is 25.7 Å². The molecule has 4 rings (SSSR count). The van der Waals surface area contributed by atoms with E-state index in [2.05, 4.69) is 20.4 Å².